The van der Waals surface area contributed by atoms with E-state index in [-0.39, 0.29) is 7.43 Å². The third-order valence-electron chi connectivity index (χ3n) is 9.12. The zero-order valence-electron chi connectivity index (χ0n) is 26.6. The summed E-state index contributed by atoms with van der Waals surface area (Å²) in [6.45, 7) is 0. The predicted molar refractivity (Wildman–Crippen MR) is 231 cm³/mol. The van der Waals surface area contributed by atoms with Crippen LogP contribution in [0.15, 0.2) is 171 Å². The van der Waals surface area contributed by atoms with Crippen molar-refractivity contribution >= 4 is 120 Å². The van der Waals surface area contributed by atoms with Crippen molar-refractivity contribution in [3.05, 3.63) is 171 Å². The molecule has 0 aliphatic rings. The first kappa shape index (κ1) is 35.0. The van der Waals surface area contributed by atoms with Gasteiger partial charge in [0.25, 0.3) is 0 Å². The molecule has 1 radical (unpaired) electrons. The molecule has 247 valence electrons. The van der Waals surface area contributed by atoms with Crippen molar-refractivity contribution in [2.45, 2.75) is 7.43 Å². The molecule has 2 nitrogen and oxygen atoms in total. The number of rotatable bonds is 3. The first-order valence-electron chi connectivity index (χ1n) is 16.1. The Morgan fingerprint density at radius 3 is 1.33 bits per heavy atom. The lowest BCUT2D eigenvalue weighted by Gasteiger charge is -2.14. The smallest absolute Gasteiger partial charge is 0.537 e. The molecule has 0 atom stereocenters. The summed E-state index contributed by atoms with van der Waals surface area (Å²) < 4.78 is 8.51. The number of halogens is 3. The molecule has 51 heavy (non-hydrogen) atoms. The van der Waals surface area contributed by atoms with Crippen LogP contribution in [-0.2, 0) is 0 Å². The minimum absolute atomic E-state index is 0. The standard InChI is InChI=1S/C22H13Br.C16H10BO2.C6H4Br2.CH4/c23-18-6-2-5-17(13-18)19-11-9-16-8-7-14-3-1-4-15-10-12-20(19)22(16)21(14)15;18-17-19-14-9-7-12-5-4-10-2-1-3-11-6-8-13(14)16(12)15(10)11;7-5-2-1-3-6(8)4-5;/h1-13H;1-9,18H;1-4H;1H4. The summed E-state index contributed by atoms with van der Waals surface area (Å²) in [6.07, 6.45) is 0. The molecule has 0 spiro atoms. The Bertz CT molecular complexity index is 2730. The van der Waals surface area contributed by atoms with E-state index in [0.717, 1.165) is 26.5 Å². The highest BCUT2D eigenvalue weighted by Gasteiger charge is 2.13. The van der Waals surface area contributed by atoms with E-state index < -0.39 is 0 Å². The number of hydrogen-bond donors (Lipinski definition) is 1. The Morgan fingerprint density at radius 1 is 0.412 bits per heavy atom. The van der Waals surface area contributed by atoms with Crippen molar-refractivity contribution in [1.82, 2.24) is 0 Å². The van der Waals surface area contributed by atoms with Gasteiger partial charge in [-0.1, -0.05) is 177 Å². The number of benzene rings is 10. The van der Waals surface area contributed by atoms with E-state index >= 15 is 0 Å². The molecule has 0 fully saturated rings. The van der Waals surface area contributed by atoms with Crippen LogP contribution in [0.3, 0.4) is 0 Å². The van der Waals surface area contributed by atoms with Gasteiger partial charge < -0.3 is 9.68 Å². The molecule has 10 aromatic rings. The normalized spacial score (nSPS) is 11.0. The van der Waals surface area contributed by atoms with Gasteiger partial charge in [0, 0.05) is 24.2 Å². The van der Waals surface area contributed by atoms with Gasteiger partial charge in [-0.2, -0.15) is 0 Å². The van der Waals surface area contributed by atoms with Crippen molar-refractivity contribution in [2.24, 2.45) is 0 Å². The molecule has 0 bridgehead atoms. The zero-order valence-corrected chi connectivity index (χ0v) is 31.3. The van der Waals surface area contributed by atoms with E-state index in [9.17, 15) is 0 Å². The molecule has 0 aliphatic carbocycles. The van der Waals surface area contributed by atoms with Crippen LogP contribution in [0, 0.1) is 0 Å². The largest absolute Gasteiger partial charge is 0.569 e. The monoisotopic (exact) mass is 851 g/mol. The summed E-state index contributed by atoms with van der Waals surface area (Å²) in [5.41, 5.74) is 2.54. The Labute approximate surface area is 323 Å². The van der Waals surface area contributed by atoms with Crippen molar-refractivity contribution in [1.29, 1.82) is 0 Å². The summed E-state index contributed by atoms with van der Waals surface area (Å²) >= 11 is 10.3. The molecule has 10 aromatic carbocycles. The van der Waals surface area contributed by atoms with E-state index in [4.69, 9.17) is 9.68 Å². The second-order valence-corrected chi connectivity index (χ2v) is 14.8. The van der Waals surface area contributed by atoms with Crippen LogP contribution in [0.2, 0.25) is 0 Å². The Morgan fingerprint density at radius 2 is 0.824 bits per heavy atom. The molecule has 0 aromatic heterocycles. The fraction of sp³-hybridized carbons (Fsp3) is 0.0222. The molecule has 0 unspecified atom stereocenters. The topological polar surface area (TPSA) is 29.5 Å². The van der Waals surface area contributed by atoms with Gasteiger partial charge in [0.05, 0.1) is 0 Å². The Kier molecular flexibility index (Phi) is 10.3. The number of hydrogen-bond acceptors (Lipinski definition) is 2. The van der Waals surface area contributed by atoms with Gasteiger partial charge in [-0.3, -0.25) is 0 Å². The molecule has 0 aliphatic heterocycles. The third kappa shape index (κ3) is 6.82. The van der Waals surface area contributed by atoms with Gasteiger partial charge in [-0.05, 0) is 101 Å². The van der Waals surface area contributed by atoms with Crippen LogP contribution in [-0.4, -0.2) is 12.7 Å². The average Bonchev–Trinajstić information content (AvgIpc) is 3.14. The van der Waals surface area contributed by atoms with Crippen LogP contribution in [0.4, 0.5) is 0 Å². The molecule has 0 amide bonds. The van der Waals surface area contributed by atoms with Crippen molar-refractivity contribution in [2.75, 3.05) is 0 Å². The van der Waals surface area contributed by atoms with Crippen LogP contribution >= 0.6 is 47.8 Å². The SMILES string of the molecule is Brc1cccc(-c2ccc3ccc4cccc5ccc2c3c45)c1.Brc1cccc(Br)c1.C.O[B]Oc1ccc2ccc3cccc4ccc1c2c34. The predicted octanol–water partition coefficient (Wildman–Crippen LogP) is 14.4. The summed E-state index contributed by atoms with van der Waals surface area (Å²) in [4.78, 5) is 0. The second-order valence-electron chi connectivity index (χ2n) is 12.1. The van der Waals surface area contributed by atoms with Gasteiger partial charge in [0.1, 0.15) is 5.75 Å². The maximum atomic E-state index is 8.87. The van der Waals surface area contributed by atoms with E-state index in [1.165, 1.54) is 70.4 Å². The van der Waals surface area contributed by atoms with Gasteiger partial charge in [-0.15, -0.1) is 0 Å². The van der Waals surface area contributed by atoms with Gasteiger partial charge >= 0.3 is 7.69 Å². The van der Waals surface area contributed by atoms with Crippen molar-refractivity contribution < 1.29 is 9.68 Å². The maximum Gasteiger partial charge on any atom is 0.569 e. The van der Waals surface area contributed by atoms with Crippen LogP contribution < -0.4 is 4.65 Å². The van der Waals surface area contributed by atoms with Gasteiger partial charge in [-0.25, -0.2) is 0 Å². The van der Waals surface area contributed by atoms with E-state index in [0.29, 0.717) is 5.75 Å². The fourth-order valence-electron chi connectivity index (χ4n) is 6.97. The Balaban J connectivity index is 0.000000131. The minimum atomic E-state index is 0. The van der Waals surface area contributed by atoms with E-state index in [1.54, 1.807) is 0 Å². The fourth-order valence-corrected chi connectivity index (χ4v) is 8.48. The summed E-state index contributed by atoms with van der Waals surface area (Å²) in [5, 5.41) is 24.0. The average molecular weight is 854 g/mol. The van der Waals surface area contributed by atoms with Gasteiger partial charge in [0.15, 0.2) is 0 Å². The highest BCUT2D eigenvalue weighted by atomic mass is 79.9. The van der Waals surface area contributed by atoms with Crippen molar-refractivity contribution in [3.8, 4) is 16.9 Å². The lowest BCUT2D eigenvalue weighted by Crippen LogP contribution is -2.00. The quantitative estimate of drug-likeness (QED) is 0.142. The lowest BCUT2D eigenvalue weighted by atomic mass is 9.90. The third-order valence-corrected chi connectivity index (χ3v) is 10.6. The molecule has 0 heterocycles. The summed E-state index contributed by atoms with van der Waals surface area (Å²) in [6, 6.07) is 55.1. The van der Waals surface area contributed by atoms with Gasteiger partial charge in [0.2, 0.25) is 0 Å². The molecule has 1 N–H and O–H groups in total. The molecule has 0 saturated carbocycles. The zero-order chi connectivity index (χ0) is 34.2. The first-order valence-corrected chi connectivity index (χ1v) is 18.5. The second kappa shape index (κ2) is 15.0. The van der Waals surface area contributed by atoms with Crippen LogP contribution in [0.5, 0.6) is 5.75 Å². The van der Waals surface area contributed by atoms with Crippen LogP contribution in [0.25, 0.3) is 75.8 Å². The summed E-state index contributed by atoms with van der Waals surface area (Å²) in [7, 11) is 0.728. The first-order chi connectivity index (χ1) is 24.5. The molecule has 6 heteroatoms. The van der Waals surface area contributed by atoms with Crippen LogP contribution in [0.1, 0.15) is 7.43 Å². The minimum Gasteiger partial charge on any atom is -0.537 e. The lowest BCUT2D eigenvalue weighted by molar-refractivity contribution is 0.457. The van der Waals surface area contributed by atoms with E-state index in [2.05, 4.69) is 163 Å². The van der Waals surface area contributed by atoms with Crippen molar-refractivity contribution in [3.63, 3.8) is 0 Å². The maximum absolute atomic E-state index is 8.87. The highest BCUT2D eigenvalue weighted by molar-refractivity contribution is 9.11. The highest BCUT2D eigenvalue weighted by Crippen LogP contribution is 2.40. The molecule has 10 rings (SSSR count). The Hall–Kier alpha value is -4.46. The molecular formula is C45H31BBr3O2. The molecular weight excluding hydrogens is 823 g/mol. The molecule has 0 saturated heterocycles. The van der Waals surface area contributed by atoms with E-state index in [1.807, 2.05) is 42.5 Å². The summed E-state index contributed by atoms with van der Waals surface area (Å²) in [5.74, 6) is 0.674.